The Morgan fingerprint density at radius 2 is 1.33 bits per heavy atom. The number of hydrogen-bond donors (Lipinski definition) is 0. The predicted molar refractivity (Wildman–Crippen MR) is 27.5 cm³/mol. The summed E-state index contributed by atoms with van der Waals surface area (Å²) in [7, 11) is -5.09. The standard InChI is InChI=1S/C2H2F3O2S.Li.H/c1-8(6,7)2(3,4)5;;/h1H2;;. The van der Waals surface area contributed by atoms with Crippen LogP contribution >= 0.6 is 0 Å². The number of sulfone groups is 1. The van der Waals surface area contributed by atoms with Crippen LogP contribution in [-0.4, -0.2) is 32.8 Å². The number of hydrogen-bond acceptors (Lipinski definition) is 2. The third kappa shape index (κ3) is 3.84. The average molecular weight is 155 g/mol. The summed E-state index contributed by atoms with van der Waals surface area (Å²) in [6.45, 7) is 0. The maximum atomic E-state index is 10.9. The zero-order valence-electron chi connectivity index (χ0n) is 3.57. The molecule has 7 heteroatoms. The van der Waals surface area contributed by atoms with Gasteiger partial charge in [0.05, 0.1) is 6.26 Å². The van der Waals surface area contributed by atoms with Crippen molar-refractivity contribution in [2.45, 2.75) is 5.51 Å². The molecular formula is C2H3F3LiO2S. The summed E-state index contributed by atoms with van der Waals surface area (Å²) < 4.78 is 51.6. The van der Waals surface area contributed by atoms with Crippen molar-refractivity contribution in [2.24, 2.45) is 0 Å². The van der Waals surface area contributed by atoms with Crippen molar-refractivity contribution in [1.82, 2.24) is 0 Å². The summed E-state index contributed by atoms with van der Waals surface area (Å²) in [6, 6.07) is 0. The van der Waals surface area contributed by atoms with Gasteiger partial charge in [-0.25, -0.2) is 8.42 Å². The summed E-state index contributed by atoms with van der Waals surface area (Å²) in [4.78, 5) is 0. The minimum absolute atomic E-state index is 0. The van der Waals surface area contributed by atoms with Crippen LogP contribution in [0.3, 0.4) is 0 Å². The van der Waals surface area contributed by atoms with Gasteiger partial charge < -0.3 is 0 Å². The molecule has 0 fully saturated rings. The first-order chi connectivity index (χ1) is 3.25. The molecule has 0 aromatic carbocycles. The van der Waals surface area contributed by atoms with Crippen molar-refractivity contribution in [2.75, 3.05) is 0 Å². The van der Waals surface area contributed by atoms with Crippen molar-refractivity contribution in [3.05, 3.63) is 6.26 Å². The van der Waals surface area contributed by atoms with Crippen LogP contribution in [0.4, 0.5) is 13.2 Å². The molecule has 51 valence electrons. The Balaban J connectivity index is 0. The molecule has 0 aliphatic carbocycles. The van der Waals surface area contributed by atoms with E-state index in [-0.39, 0.29) is 18.9 Å². The van der Waals surface area contributed by atoms with Gasteiger partial charge in [-0.05, 0) is 0 Å². The maximum absolute atomic E-state index is 10.9. The fourth-order valence-electron chi connectivity index (χ4n) is 0. The quantitative estimate of drug-likeness (QED) is 0.463. The van der Waals surface area contributed by atoms with E-state index in [1.165, 1.54) is 0 Å². The van der Waals surface area contributed by atoms with Gasteiger partial charge in [-0.2, -0.15) is 13.2 Å². The van der Waals surface area contributed by atoms with E-state index in [1.54, 1.807) is 0 Å². The fourth-order valence-corrected chi connectivity index (χ4v) is 0. The van der Waals surface area contributed by atoms with Gasteiger partial charge in [0.1, 0.15) is 0 Å². The van der Waals surface area contributed by atoms with E-state index in [0.29, 0.717) is 0 Å². The Kier molecular flexibility index (Phi) is 3.95. The molecule has 0 unspecified atom stereocenters. The fraction of sp³-hybridized carbons (Fsp3) is 0.500. The van der Waals surface area contributed by atoms with Crippen LogP contribution < -0.4 is 0 Å². The van der Waals surface area contributed by atoms with Gasteiger partial charge in [0, 0.05) is 0 Å². The number of halogens is 3. The van der Waals surface area contributed by atoms with Crippen molar-refractivity contribution in [3.8, 4) is 0 Å². The molecule has 0 aromatic rings. The van der Waals surface area contributed by atoms with Gasteiger partial charge in [-0.3, -0.25) is 0 Å². The Morgan fingerprint density at radius 1 is 1.22 bits per heavy atom. The molecule has 0 bridgehead atoms. The summed E-state index contributed by atoms with van der Waals surface area (Å²) >= 11 is 0. The second kappa shape index (κ2) is 2.95. The van der Waals surface area contributed by atoms with Crippen LogP contribution in [0, 0.1) is 6.26 Å². The number of rotatable bonds is 0. The molecule has 0 heterocycles. The van der Waals surface area contributed by atoms with E-state index >= 15 is 0 Å². The first-order valence-corrected chi connectivity index (χ1v) is 3.05. The normalized spacial score (nSPS) is 12.4. The third-order valence-corrected chi connectivity index (χ3v) is 1.06. The first kappa shape index (κ1) is 12.1. The Bertz CT molecular complexity index is 169. The molecular weight excluding hydrogens is 152 g/mol. The Labute approximate surface area is 62.5 Å². The van der Waals surface area contributed by atoms with E-state index in [4.69, 9.17) is 0 Å². The summed E-state index contributed by atoms with van der Waals surface area (Å²) in [5.74, 6) is 0. The second-order valence-corrected chi connectivity index (χ2v) is 2.75. The molecule has 0 spiro atoms. The van der Waals surface area contributed by atoms with Gasteiger partial charge in [-0.1, -0.05) is 0 Å². The molecule has 1 radical (unpaired) electrons. The van der Waals surface area contributed by atoms with Crippen molar-refractivity contribution in [1.29, 1.82) is 0 Å². The number of alkyl halides is 3. The van der Waals surface area contributed by atoms with E-state index in [0.717, 1.165) is 0 Å². The van der Waals surface area contributed by atoms with Gasteiger partial charge in [0.25, 0.3) is 0 Å². The van der Waals surface area contributed by atoms with Crippen LogP contribution in [0.2, 0.25) is 0 Å². The Morgan fingerprint density at radius 3 is 1.33 bits per heavy atom. The molecule has 0 rings (SSSR count). The molecule has 0 saturated heterocycles. The van der Waals surface area contributed by atoms with Crippen molar-refractivity contribution < 1.29 is 21.6 Å². The minimum atomic E-state index is -5.20. The molecule has 0 aromatic heterocycles. The molecule has 0 amide bonds. The van der Waals surface area contributed by atoms with E-state index in [1.807, 2.05) is 6.26 Å². The first-order valence-electron chi connectivity index (χ1n) is 1.39. The SMILES string of the molecule is [CH2]S(=O)(=O)C(F)(F)F.[LiH]. The van der Waals surface area contributed by atoms with Crippen LogP contribution in [0.5, 0.6) is 0 Å². The van der Waals surface area contributed by atoms with Gasteiger partial charge in [0.15, 0.2) is 0 Å². The third-order valence-electron chi connectivity index (χ3n) is 0.353. The molecule has 2 nitrogen and oxygen atoms in total. The molecule has 0 atom stereocenters. The molecule has 9 heavy (non-hydrogen) atoms. The van der Waals surface area contributed by atoms with Crippen LogP contribution in [0.1, 0.15) is 0 Å². The summed E-state index contributed by atoms with van der Waals surface area (Å²) in [5.41, 5.74) is -5.20. The molecule has 0 aliphatic heterocycles. The molecule has 0 saturated carbocycles. The topological polar surface area (TPSA) is 34.1 Å². The average Bonchev–Trinajstić information content (AvgIpc) is 1.25. The second-order valence-electron chi connectivity index (χ2n) is 1.06. The Hall–Kier alpha value is 0.337. The van der Waals surface area contributed by atoms with Crippen LogP contribution in [0.15, 0.2) is 0 Å². The summed E-state index contributed by atoms with van der Waals surface area (Å²) in [6.07, 6.45) is 1.89. The zero-order valence-corrected chi connectivity index (χ0v) is 4.38. The molecule has 0 N–H and O–H groups in total. The van der Waals surface area contributed by atoms with Gasteiger partial charge in [-0.15, -0.1) is 0 Å². The zero-order chi connectivity index (χ0) is 7.00. The van der Waals surface area contributed by atoms with E-state index in [2.05, 4.69) is 0 Å². The van der Waals surface area contributed by atoms with Gasteiger partial charge >= 0.3 is 24.4 Å². The van der Waals surface area contributed by atoms with Crippen molar-refractivity contribution in [3.63, 3.8) is 0 Å². The predicted octanol–water partition coefficient (Wildman–Crippen LogP) is 0.0641. The molecule has 0 aliphatic rings. The van der Waals surface area contributed by atoms with Gasteiger partial charge in [0.2, 0.25) is 9.84 Å². The van der Waals surface area contributed by atoms with Crippen LogP contribution in [0.25, 0.3) is 0 Å². The summed E-state index contributed by atoms with van der Waals surface area (Å²) in [5, 5.41) is 0. The van der Waals surface area contributed by atoms with E-state index in [9.17, 15) is 21.6 Å². The van der Waals surface area contributed by atoms with Crippen LogP contribution in [-0.2, 0) is 9.84 Å². The van der Waals surface area contributed by atoms with Crippen molar-refractivity contribution >= 4 is 28.7 Å². The van der Waals surface area contributed by atoms with E-state index < -0.39 is 15.3 Å². The monoisotopic (exact) mass is 155 g/mol.